The predicted molar refractivity (Wildman–Crippen MR) is 57.2 cm³/mol. The van der Waals surface area contributed by atoms with E-state index in [2.05, 4.69) is 6.92 Å². The van der Waals surface area contributed by atoms with Gasteiger partial charge in [-0.2, -0.15) is 0 Å². The van der Waals surface area contributed by atoms with Crippen molar-refractivity contribution in [1.82, 2.24) is 0 Å². The van der Waals surface area contributed by atoms with Gasteiger partial charge in [0.1, 0.15) is 10.1 Å². The van der Waals surface area contributed by atoms with Gasteiger partial charge in [-0.3, -0.25) is 0 Å². The third-order valence-corrected chi connectivity index (χ3v) is 3.21. The van der Waals surface area contributed by atoms with Crippen LogP contribution in [-0.4, -0.2) is 18.5 Å². The van der Waals surface area contributed by atoms with Gasteiger partial charge >= 0.3 is 29.6 Å². The molecule has 0 spiro atoms. The van der Waals surface area contributed by atoms with E-state index in [0.717, 1.165) is 19.3 Å². The van der Waals surface area contributed by atoms with Crippen LogP contribution < -0.4 is 29.6 Å². The fraction of sp³-hybridized carbons (Fsp3) is 1.00. The summed E-state index contributed by atoms with van der Waals surface area (Å²) < 4.78 is 43.3. The second kappa shape index (κ2) is 11.0. The van der Waals surface area contributed by atoms with Crippen LogP contribution in [0.4, 0.5) is 4.39 Å². The molecule has 16 heavy (non-hydrogen) atoms. The minimum Gasteiger partial charge on any atom is -0.746 e. The summed E-state index contributed by atoms with van der Waals surface area (Å²) in [6.45, 7) is 2.13. The van der Waals surface area contributed by atoms with Gasteiger partial charge in [-0.1, -0.05) is 45.4 Å². The van der Waals surface area contributed by atoms with Crippen molar-refractivity contribution in [3.05, 3.63) is 0 Å². The van der Waals surface area contributed by atoms with Gasteiger partial charge in [-0.05, 0) is 12.8 Å². The van der Waals surface area contributed by atoms with Crippen LogP contribution in [0, 0.1) is 0 Å². The Morgan fingerprint density at radius 3 is 1.94 bits per heavy atom. The molecule has 0 aliphatic rings. The maximum Gasteiger partial charge on any atom is 1.00 e. The Morgan fingerprint density at radius 1 is 1.06 bits per heavy atom. The average molecular weight is 262 g/mol. The van der Waals surface area contributed by atoms with Gasteiger partial charge in [-0.15, -0.1) is 0 Å². The summed E-state index contributed by atoms with van der Waals surface area (Å²) in [5, 5.41) is 0. The molecule has 0 saturated heterocycles. The second-order valence-electron chi connectivity index (χ2n) is 3.81. The summed E-state index contributed by atoms with van der Waals surface area (Å²) in [6, 6.07) is 0. The van der Waals surface area contributed by atoms with Crippen LogP contribution in [0.1, 0.15) is 58.3 Å². The molecule has 0 aromatic carbocycles. The molecule has 0 saturated carbocycles. The molecular formula is C10H20FNaO3S. The second-order valence-corrected chi connectivity index (χ2v) is 5.31. The first-order chi connectivity index (χ1) is 6.98. The monoisotopic (exact) mass is 262 g/mol. The molecule has 0 aliphatic carbocycles. The molecule has 1 atom stereocenters. The molecule has 0 rings (SSSR count). The zero-order valence-electron chi connectivity index (χ0n) is 10.2. The molecule has 0 aromatic rings. The molecule has 0 amide bonds. The minimum absolute atomic E-state index is 0. The largest absolute Gasteiger partial charge is 1.00 e. The first-order valence-corrected chi connectivity index (χ1v) is 7.04. The Kier molecular flexibility index (Phi) is 13.1. The number of unbranched alkanes of at least 4 members (excludes halogenated alkanes) is 6. The Labute approximate surface area is 120 Å². The fourth-order valence-electron chi connectivity index (χ4n) is 1.41. The normalized spacial score (nSPS) is 13.2. The Hall–Kier alpha value is 0.840. The summed E-state index contributed by atoms with van der Waals surface area (Å²) in [5.74, 6) is 0. The molecule has 3 nitrogen and oxygen atoms in total. The molecule has 0 aliphatic heterocycles. The quantitative estimate of drug-likeness (QED) is 0.333. The smallest absolute Gasteiger partial charge is 0.746 e. The summed E-state index contributed by atoms with van der Waals surface area (Å²) in [7, 11) is -4.72. The summed E-state index contributed by atoms with van der Waals surface area (Å²) in [6.07, 6.45) is 6.80. The third-order valence-electron chi connectivity index (χ3n) is 2.35. The van der Waals surface area contributed by atoms with Crippen molar-refractivity contribution >= 4 is 10.1 Å². The first-order valence-electron chi connectivity index (χ1n) is 5.57. The van der Waals surface area contributed by atoms with Crippen molar-refractivity contribution in [1.29, 1.82) is 0 Å². The van der Waals surface area contributed by atoms with E-state index in [9.17, 15) is 17.4 Å². The SMILES string of the molecule is CCCCCCCCCC(F)S(=O)(=O)[O-].[Na+]. The van der Waals surface area contributed by atoms with Crippen LogP contribution in [0.15, 0.2) is 0 Å². The molecule has 0 aromatic heterocycles. The summed E-state index contributed by atoms with van der Waals surface area (Å²) >= 11 is 0. The topological polar surface area (TPSA) is 57.2 Å². The zero-order chi connectivity index (χ0) is 11.7. The molecule has 6 heteroatoms. The molecular weight excluding hydrogens is 242 g/mol. The van der Waals surface area contributed by atoms with Gasteiger partial charge in [0.15, 0.2) is 5.50 Å². The van der Waals surface area contributed by atoms with Crippen LogP contribution in [0.3, 0.4) is 0 Å². The molecule has 1 unspecified atom stereocenters. The fourth-order valence-corrected chi connectivity index (χ4v) is 1.86. The molecule has 0 N–H and O–H groups in total. The van der Waals surface area contributed by atoms with Gasteiger partial charge in [0, 0.05) is 0 Å². The molecule has 0 heterocycles. The van der Waals surface area contributed by atoms with Gasteiger partial charge in [0.2, 0.25) is 0 Å². The first kappa shape index (κ1) is 19.2. The third kappa shape index (κ3) is 11.3. The van der Waals surface area contributed by atoms with Crippen LogP contribution in [-0.2, 0) is 10.1 Å². The maximum atomic E-state index is 12.6. The molecule has 92 valence electrons. The Balaban J connectivity index is 0. The number of hydrogen-bond acceptors (Lipinski definition) is 3. The van der Waals surface area contributed by atoms with Gasteiger partial charge < -0.3 is 4.55 Å². The Morgan fingerprint density at radius 2 is 1.50 bits per heavy atom. The number of alkyl halides is 1. The van der Waals surface area contributed by atoms with Crippen molar-refractivity contribution in [2.24, 2.45) is 0 Å². The van der Waals surface area contributed by atoms with E-state index in [4.69, 9.17) is 0 Å². The van der Waals surface area contributed by atoms with Crippen LogP contribution in [0.25, 0.3) is 0 Å². The molecule has 0 bridgehead atoms. The number of halogens is 1. The molecule has 0 radical (unpaired) electrons. The van der Waals surface area contributed by atoms with Crippen molar-refractivity contribution in [3.8, 4) is 0 Å². The number of hydrogen-bond donors (Lipinski definition) is 0. The summed E-state index contributed by atoms with van der Waals surface area (Å²) in [4.78, 5) is 0. The summed E-state index contributed by atoms with van der Waals surface area (Å²) in [5.41, 5.74) is -2.21. The average Bonchev–Trinajstić information content (AvgIpc) is 2.14. The standard InChI is InChI=1S/C10H21FO3S.Na/c1-2-3-4-5-6-7-8-9-10(11)15(12,13)14;/h10H,2-9H2,1H3,(H,12,13,14);/q;+1/p-1. The van der Waals surface area contributed by atoms with E-state index < -0.39 is 15.6 Å². The van der Waals surface area contributed by atoms with Crippen molar-refractivity contribution in [2.75, 3.05) is 0 Å². The van der Waals surface area contributed by atoms with E-state index in [1.54, 1.807) is 0 Å². The van der Waals surface area contributed by atoms with Crippen molar-refractivity contribution in [2.45, 2.75) is 63.8 Å². The van der Waals surface area contributed by atoms with Crippen molar-refractivity contribution < 1.29 is 46.9 Å². The van der Waals surface area contributed by atoms with E-state index >= 15 is 0 Å². The van der Waals surface area contributed by atoms with Gasteiger partial charge in [0.25, 0.3) is 0 Å². The van der Waals surface area contributed by atoms with Crippen LogP contribution in [0.2, 0.25) is 0 Å². The van der Waals surface area contributed by atoms with E-state index in [1.165, 1.54) is 19.3 Å². The van der Waals surface area contributed by atoms with E-state index in [-0.39, 0.29) is 36.0 Å². The van der Waals surface area contributed by atoms with Gasteiger partial charge in [0.05, 0.1) is 0 Å². The van der Waals surface area contributed by atoms with E-state index in [1.807, 2.05) is 0 Å². The maximum absolute atomic E-state index is 12.6. The van der Waals surface area contributed by atoms with Crippen LogP contribution >= 0.6 is 0 Å². The number of rotatable bonds is 9. The molecule has 0 fully saturated rings. The van der Waals surface area contributed by atoms with Crippen LogP contribution in [0.5, 0.6) is 0 Å². The predicted octanol–water partition coefficient (Wildman–Crippen LogP) is -0.0281. The Bertz CT molecular complexity index is 244. The minimum atomic E-state index is -4.72. The van der Waals surface area contributed by atoms with Crippen molar-refractivity contribution in [3.63, 3.8) is 0 Å². The van der Waals surface area contributed by atoms with E-state index in [0.29, 0.717) is 6.42 Å². The van der Waals surface area contributed by atoms with Gasteiger partial charge in [-0.25, -0.2) is 12.8 Å². The zero-order valence-corrected chi connectivity index (χ0v) is 13.1.